The predicted octanol–water partition coefficient (Wildman–Crippen LogP) is 5.48. The van der Waals surface area contributed by atoms with Crippen LogP contribution >= 0.6 is 11.3 Å². The van der Waals surface area contributed by atoms with Gasteiger partial charge in [-0.15, -0.1) is 11.3 Å². The van der Waals surface area contributed by atoms with E-state index in [2.05, 4.69) is 20.3 Å². The number of imidazole rings is 1. The number of carbonyl (C=O) groups excluding carboxylic acids is 2. The molecule has 0 bridgehead atoms. The van der Waals surface area contributed by atoms with Crippen molar-refractivity contribution in [3.8, 4) is 10.6 Å². The van der Waals surface area contributed by atoms with E-state index < -0.39 is 18.0 Å². The van der Waals surface area contributed by atoms with Crippen LogP contribution in [0.4, 0.5) is 24.8 Å². The molecule has 0 fully saturated rings. The number of nitrogens with one attached hydrogen (secondary N) is 1. The molecule has 0 aliphatic rings. The third-order valence-electron chi connectivity index (χ3n) is 5.90. The average Bonchev–Trinajstić information content (AvgIpc) is 3.64. The highest BCUT2D eigenvalue weighted by atomic mass is 32.1. The molecule has 200 valence electrons. The van der Waals surface area contributed by atoms with Crippen molar-refractivity contribution in [1.29, 1.82) is 0 Å². The first-order valence-electron chi connectivity index (χ1n) is 11.7. The molecule has 5 rings (SSSR count). The molecule has 39 heavy (non-hydrogen) atoms. The second-order valence-electron chi connectivity index (χ2n) is 8.55. The normalized spacial score (nSPS) is 11.6. The second kappa shape index (κ2) is 10.3. The van der Waals surface area contributed by atoms with Gasteiger partial charge in [-0.2, -0.15) is 13.2 Å². The number of thiophene rings is 1. The topological polar surface area (TPSA) is 106 Å². The van der Waals surface area contributed by atoms with Gasteiger partial charge < -0.3 is 13.9 Å². The van der Waals surface area contributed by atoms with Crippen molar-refractivity contribution in [2.24, 2.45) is 0 Å². The van der Waals surface area contributed by atoms with E-state index in [1.54, 1.807) is 48.1 Å². The van der Waals surface area contributed by atoms with Gasteiger partial charge in [0.05, 0.1) is 27.0 Å². The number of oxazole rings is 1. The number of pyridine rings is 1. The Morgan fingerprint density at radius 3 is 2.64 bits per heavy atom. The highest BCUT2D eigenvalue weighted by Gasteiger charge is 2.41. The average molecular weight is 555 g/mol. The van der Waals surface area contributed by atoms with E-state index in [4.69, 9.17) is 4.42 Å². The Balaban J connectivity index is 1.46. The van der Waals surface area contributed by atoms with Crippen LogP contribution in [0.5, 0.6) is 0 Å². The summed E-state index contributed by atoms with van der Waals surface area (Å²) in [6.07, 6.45) is -1.25. The van der Waals surface area contributed by atoms with E-state index in [-0.39, 0.29) is 11.6 Å². The van der Waals surface area contributed by atoms with E-state index in [0.717, 1.165) is 17.6 Å². The fourth-order valence-corrected chi connectivity index (χ4v) is 4.81. The molecule has 1 aromatic carbocycles. The fraction of sp³-hybridized carbons (Fsp3) is 0.192. The van der Waals surface area contributed by atoms with Gasteiger partial charge in [0.15, 0.2) is 11.7 Å². The molecule has 1 N–H and O–H groups in total. The lowest BCUT2D eigenvalue weighted by Crippen LogP contribution is -2.38. The van der Waals surface area contributed by atoms with E-state index in [1.807, 2.05) is 12.1 Å². The van der Waals surface area contributed by atoms with Gasteiger partial charge in [0, 0.05) is 44.5 Å². The summed E-state index contributed by atoms with van der Waals surface area (Å²) in [6.45, 7) is 2.11. The van der Waals surface area contributed by atoms with Crippen LogP contribution in [-0.2, 0) is 17.8 Å². The summed E-state index contributed by atoms with van der Waals surface area (Å²) in [5, 5.41) is 2.81. The number of hydrogen-bond donors (Lipinski definition) is 1. The minimum Gasteiger partial charge on any atom is -0.440 e. The van der Waals surface area contributed by atoms with Crippen LogP contribution in [0.2, 0.25) is 0 Å². The van der Waals surface area contributed by atoms with Gasteiger partial charge in [-0.1, -0.05) is 6.07 Å². The number of fused-ring (bicyclic) bond motifs is 1. The molecule has 0 aliphatic heterocycles. The molecule has 9 nitrogen and oxygen atoms in total. The first-order valence-corrected chi connectivity index (χ1v) is 12.5. The first-order chi connectivity index (χ1) is 18.6. The lowest BCUT2D eigenvalue weighted by molar-refractivity contribution is -0.170. The number of aryl methyl sites for hydroxylation is 3. The number of benzene rings is 1. The van der Waals surface area contributed by atoms with Gasteiger partial charge in [0.2, 0.25) is 5.95 Å². The summed E-state index contributed by atoms with van der Waals surface area (Å²) in [7, 11) is 1.04. The Morgan fingerprint density at radius 2 is 1.95 bits per heavy atom. The molecule has 4 heterocycles. The standard InChI is InChI=1S/C26H21F3N6O3S/c1-15-31-14-20(38-15)21-8-9-22(39-21)23(36)33-25-32-18-13-17(34(2)24(37)26(27,28)29)6-7-19(18)35(25)12-10-16-5-3-4-11-30-16/h3-9,11,13-14H,10,12H2,1-2H3,(H,32,33,36). The zero-order valence-electron chi connectivity index (χ0n) is 20.7. The first kappa shape index (κ1) is 26.1. The molecule has 0 aliphatic carbocycles. The Bertz CT molecular complexity index is 1660. The number of rotatable bonds is 7. The highest BCUT2D eigenvalue weighted by Crippen LogP contribution is 2.31. The molecule has 5 aromatic rings. The molecule has 13 heteroatoms. The van der Waals surface area contributed by atoms with Gasteiger partial charge >= 0.3 is 12.1 Å². The number of nitrogens with zero attached hydrogens (tertiary/aromatic N) is 5. The maximum absolute atomic E-state index is 13.2. The molecule has 0 atom stereocenters. The summed E-state index contributed by atoms with van der Waals surface area (Å²) in [5.41, 5.74) is 1.72. The number of anilines is 2. The SMILES string of the molecule is Cc1ncc(-c2ccc(C(=O)Nc3nc4cc(N(C)C(=O)C(F)(F)F)ccc4n3CCc3ccccn3)s2)o1. The van der Waals surface area contributed by atoms with Gasteiger partial charge in [0.1, 0.15) is 0 Å². The number of alkyl halides is 3. The van der Waals surface area contributed by atoms with Crippen LogP contribution in [0.25, 0.3) is 21.7 Å². The maximum Gasteiger partial charge on any atom is 0.471 e. The molecular weight excluding hydrogens is 533 g/mol. The third kappa shape index (κ3) is 5.53. The summed E-state index contributed by atoms with van der Waals surface area (Å²) < 4.78 is 46.2. The van der Waals surface area contributed by atoms with Crippen molar-refractivity contribution < 1.29 is 27.2 Å². The van der Waals surface area contributed by atoms with Gasteiger partial charge in [-0.25, -0.2) is 9.97 Å². The van der Waals surface area contributed by atoms with Gasteiger partial charge in [-0.05, 0) is 42.5 Å². The Morgan fingerprint density at radius 1 is 1.13 bits per heavy atom. The van der Waals surface area contributed by atoms with Crippen LogP contribution in [0, 0.1) is 6.92 Å². The highest BCUT2D eigenvalue weighted by molar-refractivity contribution is 7.17. The molecule has 0 unspecified atom stereocenters. The Labute approximate surface area is 223 Å². The molecule has 2 amide bonds. The summed E-state index contributed by atoms with van der Waals surface area (Å²) in [5.74, 6) is -1.16. The molecule has 0 saturated carbocycles. The van der Waals surface area contributed by atoms with Crippen molar-refractivity contribution in [3.63, 3.8) is 0 Å². The Hall–Kier alpha value is -4.52. The fourth-order valence-electron chi connectivity index (χ4n) is 3.96. The monoisotopic (exact) mass is 554 g/mol. The maximum atomic E-state index is 13.2. The van der Waals surface area contributed by atoms with Crippen molar-refractivity contribution in [2.75, 3.05) is 17.3 Å². The zero-order chi connectivity index (χ0) is 27.7. The van der Waals surface area contributed by atoms with Crippen molar-refractivity contribution in [2.45, 2.75) is 26.1 Å². The predicted molar refractivity (Wildman–Crippen MR) is 140 cm³/mol. The number of amides is 2. The van der Waals surface area contributed by atoms with Gasteiger partial charge in [0.25, 0.3) is 5.91 Å². The van der Waals surface area contributed by atoms with Crippen LogP contribution in [0.1, 0.15) is 21.3 Å². The minimum atomic E-state index is -5.02. The minimum absolute atomic E-state index is 0.0160. The number of aromatic nitrogens is 4. The van der Waals surface area contributed by atoms with Crippen LogP contribution in [0.15, 0.2) is 65.3 Å². The summed E-state index contributed by atoms with van der Waals surface area (Å²) in [6, 6.07) is 13.3. The van der Waals surface area contributed by atoms with Crippen molar-refractivity contribution >= 4 is 45.8 Å². The number of carbonyl (C=O) groups is 2. The van der Waals surface area contributed by atoms with Gasteiger partial charge in [-0.3, -0.25) is 19.9 Å². The van der Waals surface area contributed by atoms with E-state index in [1.165, 1.54) is 23.5 Å². The lowest BCUT2D eigenvalue weighted by atomic mass is 10.2. The van der Waals surface area contributed by atoms with Crippen molar-refractivity contribution in [3.05, 3.63) is 77.4 Å². The molecular formula is C26H21F3N6O3S. The smallest absolute Gasteiger partial charge is 0.440 e. The number of hydrogen-bond acceptors (Lipinski definition) is 7. The molecule has 0 radical (unpaired) electrons. The van der Waals surface area contributed by atoms with Crippen molar-refractivity contribution in [1.82, 2.24) is 19.5 Å². The summed E-state index contributed by atoms with van der Waals surface area (Å²) in [4.78, 5) is 39.4. The Kier molecular flexibility index (Phi) is 6.91. The number of halogens is 3. The second-order valence-corrected chi connectivity index (χ2v) is 9.64. The van der Waals surface area contributed by atoms with Crippen LogP contribution < -0.4 is 10.2 Å². The zero-order valence-corrected chi connectivity index (χ0v) is 21.5. The van der Waals surface area contributed by atoms with Crippen LogP contribution in [0.3, 0.4) is 0 Å². The van der Waals surface area contributed by atoms with E-state index in [0.29, 0.717) is 45.4 Å². The van der Waals surface area contributed by atoms with E-state index >= 15 is 0 Å². The largest absolute Gasteiger partial charge is 0.471 e. The molecule has 0 spiro atoms. The quantitative estimate of drug-likeness (QED) is 0.286. The van der Waals surface area contributed by atoms with Crippen LogP contribution in [-0.4, -0.2) is 44.6 Å². The molecule has 0 saturated heterocycles. The van der Waals surface area contributed by atoms with E-state index in [9.17, 15) is 22.8 Å². The summed E-state index contributed by atoms with van der Waals surface area (Å²) >= 11 is 1.22. The molecule has 4 aromatic heterocycles. The lowest BCUT2D eigenvalue weighted by Gasteiger charge is -2.18. The third-order valence-corrected chi connectivity index (χ3v) is 7.00.